The second kappa shape index (κ2) is 7.74. The SMILES string of the molecule is CCCC(CCC)C(=O)NC1C(N)CC1OCC. The van der Waals surface area contributed by atoms with E-state index in [1.54, 1.807) is 0 Å². The van der Waals surface area contributed by atoms with Crippen LogP contribution in [0.3, 0.4) is 0 Å². The van der Waals surface area contributed by atoms with Gasteiger partial charge in [0.05, 0.1) is 12.1 Å². The standard InChI is InChI=1S/C14H28N2O2/c1-4-7-10(8-5-2)14(17)16-13-11(15)9-12(13)18-6-3/h10-13H,4-9,15H2,1-3H3,(H,16,17). The van der Waals surface area contributed by atoms with Crippen LogP contribution in [0.15, 0.2) is 0 Å². The highest BCUT2D eigenvalue weighted by molar-refractivity contribution is 5.79. The van der Waals surface area contributed by atoms with Crippen LogP contribution < -0.4 is 11.1 Å². The largest absolute Gasteiger partial charge is 0.376 e. The molecule has 3 unspecified atom stereocenters. The summed E-state index contributed by atoms with van der Waals surface area (Å²) in [5, 5.41) is 3.08. The summed E-state index contributed by atoms with van der Waals surface area (Å²) < 4.78 is 5.57. The van der Waals surface area contributed by atoms with E-state index < -0.39 is 0 Å². The maximum absolute atomic E-state index is 12.2. The van der Waals surface area contributed by atoms with Gasteiger partial charge in [0.25, 0.3) is 0 Å². The fourth-order valence-corrected chi connectivity index (χ4v) is 2.61. The van der Waals surface area contributed by atoms with Crippen LogP contribution in [0.4, 0.5) is 0 Å². The number of nitrogens with one attached hydrogen (secondary N) is 1. The van der Waals surface area contributed by atoms with E-state index in [4.69, 9.17) is 10.5 Å². The predicted octanol–water partition coefficient (Wildman–Crippen LogP) is 1.82. The maximum atomic E-state index is 12.2. The summed E-state index contributed by atoms with van der Waals surface area (Å²) in [6.07, 6.45) is 4.97. The number of amides is 1. The zero-order chi connectivity index (χ0) is 13.5. The van der Waals surface area contributed by atoms with Gasteiger partial charge in [0.2, 0.25) is 5.91 Å². The van der Waals surface area contributed by atoms with Gasteiger partial charge in [0.1, 0.15) is 0 Å². The van der Waals surface area contributed by atoms with Crippen LogP contribution in [0.2, 0.25) is 0 Å². The third kappa shape index (κ3) is 3.95. The van der Waals surface area contributed by atoms with Crippen LogP contribution in [0, 0.1) is 5.92 Å². The molecule has 4 nitrogen and oxygen atoms in total. The Morgan fingerprint density at radius 3 is 2.39 bits per heavy atom. The minimum atomic E-state index is 0.00802. The van der Waals surface area contributed by atoms with Crippen LogP contribution in [0.25, 0.3) is 0 Å². The van der Waals surface area contributed by atoms with Gasteiger partial charge in [-0.05, 0) is 26.2 Å². The van der Waals surface area contributed by atoms with E-state index in [1.807, 2.05) is 6.92 Å². The summed E-state index contributed by atoms with van der Waals surface area (Å²) in [6, 6.07) is 0.0584. The predicted molar refractivity (Wildman–Crippen MR) is 73.2 cm³/mol. The zero-order valence-corrected chi connectivity index (χ0v) is 11.9. The average Bonchev–Trinajstić information content (AvgIpc) is 2.35. The lowest BCUT2D eigenvalue weighted by Crippen LogP contribution is -2.65. The molecule has 0 bridgehead atoms. The lowest BCUT2D eigenvalue weighted by Gasteiger charge is -2.43. The van der Waals surface area contributed by atoms with Crippen molar-refractivity contribution in [1.29, 1.82) is 0 Å². The van der Waals surface area contributed by atoms with Crippen molar-refractivity contribution in [1.82, 2.24) is 5.32 Å². The normalized spacial score (nSPS) is 27.1. The van der Waals surface area contributed by atoms with Gasteiger partial charge < -0.3 is 15.8 Å². The van der Waals surface area contributed by atoms with E-state index in [0.717, 1.165) is 32.1 Å². The van der Waals surface area contributed by atoms with Crippen molar-refractivity contribution >= 4 is 5.91 Å². The molecule has 1 aliphatic rings. The molecule has 3 atom stereocenters. The number of hydrogen-bond acceptors (Lipinski definition) is 3. The Kier molecular flexibility index (Phi) is 6.65. The first-order valence-electron chi connectivity index (χ1n) is 7.31. The molecule has 106 valence electrons. The molecule has 1 fully saturated rings. The van der Waals surface area contributed by atoms with Gasteiger partial charge in [0.15, 0.2) is 0 Å². The van der Waals surface area contributed by atoms with Crippen molar-refractivity contribution in [3.05, 3.63) is 0 Å². The van der Waals surface area contributed by atoms with Crippen LogP contribution in [0.5, 0.6) is 0 Å². The van der Waals surface area contributed by atoms with E-state index in [-0.39, 0.29) is 30.0 Å². The lowest BCUT2D eigenvalue weighted by atomic mass is 9.82. The third-order valence-corrected chi connectivity index (χ3v) is 3.70. The number of hydrogen-bond donors (Lipinski definition) is 2. The van der Waals surface area contributed by atoms with Gasteiger partial charge in [-0.3, -0.25) is 4.79 Å². The number of ether oxygens (including phenoxy) is 1. The number of carbonyl (C=O) groups is 1. The Balaban J connectivity index is 2.45. The van der Waals surface area contributed by atoms with Gasteiger partial charge in [-0.2, -0.15) is 0 Å². The van der Waals surface area contributed by atoms with E-state index in [9.17, 15) is 4.79 Å². The van der Waals surface area contributed by atoms with Gasteiger partial charge in [-0.15, -0.1) is 0 Å². The molecule has 0 aromatic carbocycles. The number of carbonyl (C=O) groups excluding carboxylic acids is 1. The molecule has 1 rings (SSSR count). The van der Waals surface area contributed by atoms with E-state index in [0.29, 0.717) is 6.61 Å². The summed E-state index contributed by atoms with van der Waals surface area (Å²) in [4.78, 5) is 12.2. The first-order chi connectivity index (χ1) is 8.63. The lowest BCUT2D eigenvalue weighted by molar-refractivity contribution is -0.130. The van der Waals surface area contributed by atoms with Crippen molar-refractivity contribution < 1.29 is 9.53 Å². The highest BCUT2D eigenvalue weighted by Crippen LogP contribution is 2.24. The summed E-state index contributed by atoms with van der Waals surface area (Å²) >= 11 is 0. The van der Waals surface area contributed by atoms with E-state index in [1.165, 1.54) is 0 Å². The van der Waals surface area contributed by atoms with Gasteiger partial charge in [0, 0.05) is 18.6 Å². The smallest absolute Gasteiger partial charge is 0.223 e. The molecular formula is C14H28N2O2. The fraction of sp³-hybridized carbons (Fsp3) is 0.929. The minimum absolute atomic E-state index is 0.00802. The quantitative estimate of drug-likeness (QED) is 0.696. The van der Waals surface area contributed by atoms with E-state index in [2.05, 4.69) is 19.2 Å². The van der Waals surface area contributed by atoms with Crippen molar-refractivity contribution in [2.75, 3.05) is 6.61 Å². The monoisotopic (exact) mass is 256 g/mol. The van der Waals surface area contributed by atoms with Gasteiger partial charge >= 0.3 is 0 Å². The van der Waals surface area contributed by atoms with Crippen molar-refractivity contribution in [2.45, 2.75) is 71.1 Å². The Bertz CT molecular complexity index is 250. The summed E-state index contributed by atoms with van der Waals surface area (Å²) in [5.74, 6) is 0.290. The van der Waals surface area contributed by atoms with Gasteiger partial charge in [-0.25, -0.2) is 0 Å². The highest BCUT2D eigenvalue weighted by atomic mass is 16.5. The van der Waals surface area contributed by atoms with Crippen LogP contribution in [0.1, 0.15) is 52.9 Å². The van der Waals surface area contributed by atoms with Crippen LogP contribution in [-0.4, -0.2) is 30.7 Å². The molecule has 18 heavy (non-hydrogen) atoms. The molecule has 4 heteroatoms. The fourth-order valence-electron chi connectivity index (χ4n) is 2.61. The molecule has 0 heterocycles. The second-order valence-corrected chi connectivity index (χ2v) is 5.20. The molecule has 0 aliphatic heterocycles. The summed E-state index contributed by atoms with van der Waals surface area (Å²) in [6.45, 7) is 6.89. The first kappa shape index (κ1) is 15.4. The molecule has 1 amide bonds. The summed E-state index contributed by atoms with van der Waals surface area (Å²) in [5.41, 5.74) is 5.95. The Labute approximate surface area is 111 Å². The Morgan fingerprint density at radius 2 is 1.94 bits per heavy atom. The summed E-state index contributed by atoms with van der Waals surface area (Å²) in [7, 11) is 0. The molecule has 3 N–H and O–H groups in total. The van der Waals surface area contributed by atoms with Gasteiger partial charge in [-0.1, -0.05) is 26.7 Å². The van der Waals surface area contributed by atoms with Crippen LogP contribution in [-0.2, 0) is 9.53 Å². The molecule has 0 spiro atoms. The Morgan fingerprint density at radius 1 is 1.33 bits per heavy atom. The highest BCUT2D eigenvalue weighted by Gasteiger charge is 2.40. The molecule has 0 aromatic heterocycles. The van der Waals surface area contributed by atoms with Crippen molar-refractivity contribution in [3.8, 4) is 0 Å². The minimum Gasteiger partial charge on any atom is -0.376 e. The van der Waals surface area contributed by atoms with Crippen molar-refractivity contribution in [3.63, 3.8) is 0 Å². The topological polar surface area (TPSA) is 64.4 Å². The first-order valence-corrected chi connectivity index (χ1v) is 7.31. The average molecular weight is 256 g/mol. The zero-order valence-electron chi connectivity index (χ0n) is 11.9. The third-order valence-electron chi connectivity index (χ3n) is 3.70. The second-order valence-electron chi connectivity index (χ2n) is 5.20. The molecule has 1 saturated carbocycles. The number of rotatable bonds is 8. The van der Waals surface area contributed by atoms with Crippen LogP contribution >= 0.6 is 0 Å². The number of nitrogens with two attached hydrogens (primary N) is 1. The molecular weight excluding hydrogens is 228 g/mol. The molecule has 0 saturated heterocycles. The Hall–Kier alpha value is -0.610. The molecule has 1 aliphatic carbocycles. The maximum Gasteiger partial charge on any atom is 0.223 e. The molecule has 0 radical (unpaired) electrons. The van der Waals surface area contributed by atoms with E-state index >= 15 is 0 Å². The van der Waals surface area contributed by atoms with Crippen molar-refractivity contribution in [2.24, 2.45) is 11.7 Å². The molecule has 0 aromatic rings.